The molecule has 0 spiro atoms. The summed E-state index contributed by atoms with van der Waals surface area (Å²) in [6.45, 7) is 0.731. The molecule has 0 bridgehead atoms. The van der Waals surface area contributed by atoms with Crippen molar-refractivity contribution in [2.24, 2.45) is 10.9 Å². The third kappa shape index (κ3) is 7.34. The summed E-state index contributed by atoms with van der Waals surface area (Å²) < 4.78 is 34.6. The monoisotopic (exact) mass is 411 g/mol. The van der Waals surface area contributed by atoms with Gasteiger partial charge < -0.3 is 20.1 Å². The molecule has 0 aliphatic rings. The van der Waals surface area contributed by atoms with Crippen LogP contribution in [0.25, 0.3) is 0 Å². The number of methoxy groups -OCH3 is 1. The van der Waals surface area contributed by atoms with Gasteiger partial charge >= 0.3 is 6.61 Å². The van der Waals surface area contributed by atoms with E-state index in [4.69, 9.17) is 4.74 Å². The number of guanidine groups is 1. The van der Waals surface area contributed by atoms with E-state index in [9.17, 15) is 8.78 Å². The lowest BCUT2D eigenvalue weighted by molar-refractivity contribution is -0.0512. The van der Waals surface area contributed by atoms with Crippen LogP contribution in [0, 0.1) is 5.92 Å². The number of halogens is 2. The van der Waals surface area contributed by atoms with Crippen LogP contribution in [0.1, 0.15) is 17.4 Å². The Balaban J connectivity index is 1.79. The molecule has 1 heterocycles. The Labute approximate surface area is 168 Å². The molecule has 0 fully saturated rings. The van der Waals surface area contributed by atoms with Crippen molar-refractivity contribution >= 4 is 17.3 Å². The predicted molar refractivity (Wildman–Crippen MR) is 110 cm³/mol. The summed E-state index contributed by atoms with van der Waals surface area (Å²) in [6.07, 6.45) is 1.66. The first-order chi connectivity index (χ1) is 13.5. The van der Waals surface area contributed by atoms with Gasteiger partial charge in [0.05, 0.1) is 7.11 Å². The summed E-state index contributed by atoms with van der Waals surface area (Å²) in [4.78, 5) is 5.60. The topological polar surface area (TPSA) is 54.9 Å². The zero-order chi connectivity index (χ0) is 20.4. The van der Waals surface area contributed by atoms with Crippen LogP contribution in [0.5, 0.6) is 11.5 Å². The SMILES string of the molecule is CN=C(NCCc1ccc(OC)c(OC(F)F)c1)NCC(C)Cc1cccs1. The van der Waals surface area contributed by atoms with Gasteiger partial charge in [-0.05, 0) is 47.9 Å². The molecular weight excluding hydrogens is 384 g/mol. The molecular formula is C20H27F2N3O2S. The van der Waals surface area contributed by atoms with Gasteiger partial charge in [-0.2, -0.15) is 8.78 Å². The Kier molecular flexibility index (Phi) is 9.00. The van der Waals surface area contributed by atoms with E-state index in [0.29, 0.717) is 18.9 Å². The van der Waals surface area contributed by atoms with Crippen LogP contribution in [0.3, 0.4) is 0 Å². The summed E-state index contributed by atoms with van der Waals surface area (Å²) in [7, 11) is 3.14. The molecule has 0 saturated carbocycles. The van der Waals surface area contributed by atoms with E-state index in [-0.39, 0.29) is 11.5 Å². The minimum Gasteiger partial charge on any atom is -0.493 e. The highest BCUT2D eigenvalue weighted by atomic mass is 32.1. The van der Waals surface area contributed by atoms with Crippen LogP contribution in [-0.2, 0) is 12.8 Å². The summed E-state index contributed by atoms with van der Waals surface area (Å²) in [6, 6.07) is 9.25. The molecule has 0 radical (unpaired) electrons. The molecule has 1 atom stereocenters. The number of nitrogens with one attached hydrogen (secondary N) is 2. The van der Waals surface area contributed by atoms with Crippen LogP contribution in [-0.4, -0.2) is 39.8 Å². The van der Waals surface area contributed by atoms with Crippen molar-refractivity contribution in [3.05, 3.63) is 46.2 Å². The fraction of sp³-hybridized carbons (Fsp3) is 0.450. The Morgan fingerprint density at radius 1 is 1.21 bits per heavy atom. The number of ether oxygens (including phenoxy) is 2. The molecule has 5 nitrogen and oxygen atoms in total. The van der Waals surface area contributed by atoms with Crippen LogP contribution in [0.2, 0.25) is 0 Å². The van der Waals surface area contributed by atoms with Crippen LogP contribution in [0.4, 0.5) is 8.78 Å². The highest BCUT2D eigenvalue weighted by Crippen LogP contribution is 2.29. The molecule has 0 amide bonds. The maximum absolute atomic E-state index is 12.5. The average Bonchev–Trinajstić information content (AvgIpc) is 3.17. The second-order valence-electron chi connectivity index (χ2n) is 6.38. The van der Waals surface area contributed by atoms with Crippen LogP contribution >= 0.6 is 11.3 Å². The molecule has 1 aromatic carbocycles. The zero-order valence-electron chi connectivity index (χ0n) is 16.4. The molecule has 2 rings (SSSR count). The molecule has 0 aliphatic carbocycles. The second kappa shape index (κ2) is 11.5. The first kappa shape index (κ1) is 21.9. The Bertz CT molecular complexity index is 739. The van der Waals surface area contributed by atoms with E-state index >= 15 is 0 Å². The van der Waals surface area contributed by atoms with Gasteiger partial charge in [0.2, 0.25) is 0 Å². The molecule has 1 unspecified atom stereocenters. The average molecular weight is 412 g/mol. The molecule has 0 saturated heterocycles. The van der Waals surface area contributed by atoms with Crippen LogP contribution < -0.4 is 20.1 Å². The smallest absolute Gasteiger partial charge is 0.387 e. The minimum absolute atomic E-state index is 0.0416. The van der Waals surface area contributed by atoms with Crippen molar-refractivity contribution in [2.75, 3.05) is 27.2 Å². The Morgan fingerprint density at radius 2 is 2.04 bits per heavy atom. The number of hydrogen-bond acceptors (Lipinski definition) is 4. The van der Waals surface area contributed by atoms with E-state index < -0.39 is 6.61 Å². The zero-order valence-corrected chi connectivity index (χ0v) is 17.2. The number of thiophene rings is 1. The summed E-state index contributed by atoms with van der Waals surface area (Å²) >= 11 is 1.77. The van der Waals surface area contributed by atoms with E-state index in [1.807, 2.05) is 6.07 Å². The molecule has 154 valence electrons. The van der Waals surface area contributed by atoms with Crippen molar-refractivity contribution < 1.29 is 18.3 Å². The number of aliphatic imine (C=N–C) groups is 1. The summed E-state index contributed by atoms with van der Waals surface area (Å²) in [5.41, 5.74) is 0.866. The fourth-order valence-corrected chi connectivity index (χ4v) is 3.60. The quantitative estimate of drug-likeness (QED) is 0.459. The lowest BCUT2D eigenvalue weighted by atomic mass is 10.1. The third-order valence-electron chi connectivity index (χ3n) is 4.12. The van der Waals surface area contributed by atoms with Crippen molar-refractivity contribution in [3.63, 3.8) is 0 Å². The predicted octanol–water partition coefficient (Wildman–Crippen LogP) is 3.94. The Morgan fingerprint density at radius 3 is 2.68 bits per heavy atom. The lowest BCUT2D eigenvalue weighted by Gasteiger charge is -2.16. The normalized spacial score (nSPS) is 12.7. The van der Waals surface area contributed by atoms with Crippen LogP contribution in [0.15, 0.2) is 40.7 Å². The van der Waals surface area contributed by atoms with Gasteiger partial charge in [-0.25, -0.2) is 0 Å². The third-order valence-corrected chi connectivity index (χ3v) is 5.02. The second-order valence-corrected chi connectivity index (χ2v) is 7.41. The maximum atomic E-state index is 12.5. The highest BCUT2D eigenvalue weighted by Gasteiger charge is 2.11. The number of hydrogen-bond donors (Lipinski definition) is 2. The molecule has 0 aliphatic heterocycles. The van der Waals surface area contributed by atoms with Gasteiger partial charge in [0.1, 0.15) is 0 Å². The fourth-order valence-electron chi connectivity index (χ4n) is 2.73. The maximum Gasteiger partial charge on any atom is 0.387 e. The Hall–Kier alpha value is -2.35. The first-order valence-electron chi connectivity index (χ1n) is 9.10. The molecule has 2 N–H and O–H groups in total. The lowest BCUT2D eigenvalue weighted by Crippen LogP contribution is -2.40. The number of rotatable bonds is 10. The van der Waals surface area contributed by atoms with E-state index in [0.717, 1.165) is 24.5 Å². The first-order valence-corrected chi connectivity index (χ1v) is 9.98. The number of benzene rings is 1. The van der Waals surface area contributed by atoms with Gasteiger partial charge in [-0.3, -0.25) is 4.99 Å². The highest BCUT2D eigenvalue weighted by molar-refractivity contribution is 7.09. The van der Waals surface area contributed by atoms with Gasteiger partial charge in [-0.15, -0.1) is 11.3 Å². The summed E-state index contributed by atoms with van der Waals surface area (Å²) in [5.74, 6) is 1.53. The van der Waals surface area contributed by atoms with Crippen molar-refractivity contribution in [1.82, 2.24) is 10.6 Å². The molecule has 2 aromatic rings. The number of nitrogens with zero attached hydrogens (tertiary/aromatic N) is 1. The van der Waals surface area contributed by atoms with Crippen molar-refractivity contribution in [2.45, 2.75) is 26.4 Å². The van der Waals surface area contributed by atoms with Gasteiger partial charge in [0.25, 0.3) is 0 Å². The molecule has 8 heteroatoms. The van der Waals surface area contributed by atoms with Crippen molar-refractivity contribution in [3.8, 4) is 11.5 Å². The van der Waals surface area contributed by atoms with E-state index in [2.05, 4.69) is 44.8 Å². The standard InChI is InChI=1S/C20H27F2N3O2S/c1-14(11-16-5-4-10-28-16)13-25-20(23-2)24-9-8-15-6-7-17(26-3)18(12-15)27-19(21)22/h4-7,10,12,14,19H,8-9,11,13H2,1-3H3,(H2,23,24,25). The van der Waals surface area contributed by atoms with E-state index in [1.165, 1.54) is 12.0 Å². The van der Waals surface area contributed by atoms with Gasteiger partial charge in [0, 0.05) is 25.0 Å². The molecule has 1 aromatic heterocycles. The van der Waals surface area contributed by atoms with E-state index in [1.54, 1.807) is 30.5 Å². The minimum atomic E-state index is -2.89. The van der Waals surface area contributed by atoms with Crippen molar-refractivity contribution in [1.29, 1.82) is 0 Å². The number of alkyl halides is 2. The largest absolute Gasteiger partial charge is 0.493 e. The van der Waals surface area contributed by atoms with Gasteiger partial charge in [0.15, 0.2) is 17.5 Å². The van der Waals surface area contributed by atoms with Gasteiger partial charge in [-0.1, -0.05) is 19.1 Å². The summed E-state index contributed by atoms with van der Waals surface area (Å²) in [5, 5.41) is 8.66. The molecule has 28 heavy (non-hydrogen) atoms.